The van der Waals surface area contributed by atoms with Gasteiger partial charge in [0.15, 0.2) is 0 Å². The minimum atomic E-state index is -0.749. The second-order valence-corrected chi connectivity index (χ2v) is 8.13. The predicted octanol–water partition coefficient (Wildman–Crippen LogP) is 3.66. The van der Waals surface area contributed by atoms with Crippen molar-refractivity contribution in [1.82, 2.24) is 10.2 Å². The maximum absolute atomic E-state index is 12.9. The molecule has 4 aliphatic rings. The molecule has 1 saturated carbocycles. The van der Waals surface area contributed by atoms with Crippen molar-refractivity contribution < 1.29 is 14.4 Å². The second-order valence-electron chi connectivity index (χ2n) is 7.29. The van der Waals surface area contributed by atoms with E-state index in [1.54, 1.807) is 19.1 Å². The van der Waals surface area contributed by atoms with Gasteiger partial charge in [-0.25, -0.2) is 4.79 Å². The largest absolute Gasteiger partial charge is 0.320 e. The van der Waals surface area contributed by atoms with Crippen LogP contribution in [0.25, 0.3) is 0 Å². The Morgan fingerprint density at radius 3 is 2.22 bits per heavy atom. The van der Waals surface area contributed by atoms with Crippen molar-refractivity contribution in [3.63, 3.8) is 0 Å². The Bertz CT molecular complexity index is 825. The van der Waals surface area contributed by atoms with E-state index < -0.39 is 12.2 Å². The van der Waals surface area contributed by atoms with Crippen molar-refractivity contribution in [3.05, 3.63) is 40.4 Å². The first kappa shape index (κ1) is 18.3. The molecule has 4 amide bonds. The van der Waals surface area contributed by atoms with Gasteiger partial charge in [-0.2, -0.15) is 0 Å². The van der Waals surface area contributed by atoms with Gasteiger partial charge in [-0.1, -0.05) is 35.4 Å². The minimum Gasteiger partial charge on any atom is -0.317 e. The molecule has 0 unspecified atom stereocenters. The van der Waals surface area contributed by atoms with Crippen LogP contribution in [0.4, 0.5) is 10.5 Å². The van der Waals surface area contributed by atoms with E-state index in [9.17, 15) is 14.4 Å². The second kappa shape index (κ2) is 6.84. The van der Waals surface area contributed by atoms with Crippen molar-refractivity contribution in [1.29, 1.82) is 0 Å². The lowest BCUT2D eigenvalue weighted by atomic mass is 9.63. The van der Waals surface area contributed by atoms with Gasteiger partial charge < -0.3 is 10.6 Å². The molecule has 6 nitrogen and oxygen atoms in total. The Kier molecular flexibility index (Phi) is 4.64. The summed E-state index contributed by atoms with van der Waals surface area (Å²) in [4.78, 5) is 39.3. The van der Waals surface area contributed by atoms with Crippen LogP contribution in [-0.4, -0.2) is 28.9 Å². The Morgan fingerprint density at radius 1 is 1.11 bits per heavy atom. The van der Waals surface area contributed by atoms with Crippen molar-refractivity contribution in [2.45, 2.75) is 25.9 Å². The minimum absolute atomic E-state index is 0.121. The van der Waals surface area contributed by atoms with Gasteiger partial charge in [0.25, 0.3) is 0 Å². The van der Waals surface area contributed by atoms with E-state index in [-0.39, 0.29) is 35.5 Å². The van der Waals surface area contributed by atoms with E-state index in [1.807, 2.05) is 0 Å². The number of halogens is 2. The molecule has 1 aliphatic heterocycles. The van der Waals surface area contributed by atoms with Crippen LogP contribution in [0.1, 0.15) is 19.8 Å². The molecule has 8 heteroatoms. The number of urea groups is 1. The van der Waals surface area contributed by atoms with Crippen molar-refractivity contribution in [2.24, 2.45) is 23.7 Å². The molecule has 142 valence electrons. The molecule has 5 rings (SSSR count). The number of rotatable bonds is 3. The number of nitrogens with zero attached hydrogens (tertiary/aromatic N) is 1. The van der Waals surface area contributed by atoms with Gasteiger partial charge >= 0.3 is 6.03 Å². The lowest BCUT2D eigenvalue weighted by Crippen LogP contribution is -2.50. The molecule has 0 spiro atoms. The fraction of sp³-hybridized carbons (Fsp3) is 0.421. The van der Waals surface area contributed by atoms with Gasteiger partial charge in [-0.15, -0.1) is 0 Å². The summed E-state index contributed by atoms with van der Waals surface area (Å²) < 4.78 is 0. The molecule has 0 aromatic heterocycles. The summed E-state index contributed by atoms with van der Waals surface area (Å²) in [5.74, 6) is -0.730. The van der Waals surface area contributed by atoms with Crippen LogP contribution < -0.4 is 10.6 Å². The van der Waals surface area contributed by atoms with Gasteiger partial charge in [0.2, 0.25) is 11.8 Å². The zero-order chi connectivity index (χ0) is 19.3. The maximum Gasteiger partial charge on any atom is 0.320 e. The number of hydrogen-bond acceptors (Lipinski definition) is 3. The fourth-order valence-electron chi connectivity index (χ4n) is 4.48. The van der Waals surface area contributed by atoms with E-state index in [1.165, 1.54) is 11.0 Å². The first-order chi connectivity index (χ1) is 12.9. The number of likely N-dealkylation sites (tertiary alicyclic amines) is 1. The fourth-order valence-corrected chi connectivity index (χ4v) is 4.94. The number of imide groups is 1. The van der Waals surface area contributed by atoms with Crippen LogP contribution in [-0.2, 0) is 9.59 Å². The Labute approximate surface area is 166 Å². The number of fused-ring (bicyclic) bond motifs is 1. The molecule has 27 heavy (non-hydrogen) atoms. The third-order valence-corrected chi connectivity index (χ3v) is 6.25. The third-order valence-electron chi connectivity index (χ3n) is 5.70. The zero-order valence-electron chi connectivity index (χ0n) is 14.6. The van der Waals surface area contributed by atoms with Gasteiger partial charge in [0.1, 0.15) is 6.17 Å². The lowest BCUT2D eigenvalue weighted by Gasteiger charge is -2.38. The molecular formula is C19H19Cl2N3O3. The predicted molar refractivity (Wildman–Crippen MR) is 102 cm³/mol. The van der Waals surface area contributed by atoms with Crippen LogP contribution >= 0.6 is 23.2 Å². The summed E-state index contributed by atoms with van der Waals surface area (Å²) >= 11 is 11.9. The van der Waals surface area contributed by atoms with E-state index in [0.717, 1.165) is 12.8 Å². The molecule has 3 aliphatic carbocycles. The molecule has 1 heterocycles. The normalized spacial score (nSPS) is 29.7. The standard InChI is InChI=1S/C19H19Cl2N3O3/c1-9(22-19(27)23-14-7-6-12(20)8-13(14)21)24-17(25)15-10-2-3-11(5-4-10)16(15)18(24)26/h2-3,6-11,15-16H,4-5H2,1H3,(H2,22,23,27)/t9-,10+,11+,15-,16-/m1/s1. The summed E-state index contributed by atoms with van der Waals surface area (Å²) in [5.41, 5.74) is 0.390. The summed E-state index contributed by atoms with van der Waals surface area (Å²) in [6.45, 7) is 1.63. The van der Waals surface area contributed by atoms with E-state index in [2.05, 4.69) is 22.8 Å². The van der Waals surface area contributed by atoms with Crippen molar-refractivity contribution in [3.8, 4) is 0 Å². The molecule has 2 N–H and O–H groups in total. The molecule has 1 aromatic rings. The van der Waals surface area contributed by atoms with Gasteiger partial charge in [0.05, 0.1) is 22.5 Å². The van der Waals surface area contributed by atoms with Crippen LogP contribution in [0.3, 0.4) is 0 Å². The maximum atomic E-state index is 12.9. The highest BCUT2D eigenvalue weighted by Gasteiger charge is 2.57. The first-order valence-corrected chi connectivity index (χ1v) is 9.70. The Morgan fingerprint density at radius 2 is 1.70 bits per heavy atom. The number of anilines is 1. The molecule has 1 saturated heterocycles. The molecule has 2 bridgehead atoms. The molecule has 5 atom stereocenters. The smallest absolute Gasteiger partial charge is 0.317 e. The summed E-state index contributed by atoms with van der Waals surface area (Å²) in [5, 5.41) is 6.02. The highest BCUT2D eigenvalue weighted by Crippen LogP contribution is 2.49. The monoisotopic (exact) mass is 407 g/mol. The number of nitrogens with one attached hydrogen (secondary N) is 2. The van der Waals surface area contributed by atoms with Crippen molar-refractivity contribution >= 4 is 46.7 Å². The number of benzene rings is 1. The van der Waals surface area contributed by atoms with Crippen LogP contribution in [0.15, 0.2) is 30.4 Å². The molecular weight excluding hydrogens is 389 g/mol. The topological polar surface area (TPSA) is 78.5 Å². The van der Waals surface area contributed by atoms with Gasteiger partial charge in [-0.05, 0) is 49.8 Å². The van der Waals surface area contributed by atoms with Crippen LogP contribution in [0, 0.1) is 23.7 Å². The summed E-state index contributed by atoms with van der Waals surface area (Å²) in [6.07, 6.45) is 5.26. The highest BCUT2D eigenvalue weighted by atomic mass is 35.5. The average Bonchev–Trinajstić information content (AvgIpc) is 2.91. The van der Waals surface area contributed by atoms with Crippen LogP contribution in [0.5, 0.6) is 0 Å². The SMILES string of the molecule is C[C@H](NC(=O)Nc1ccc(Cl)cc1Cl)N1C(=O)[C@H]2[C@H](C1=O)[C@H]1C=C[C@H]2CC1. The summed E-state index contributed by atoms with van der Waals surface area (Å²) in [7, 11) is 0. The van der Waals surface area contributed by atoms with Crippen LogP contribution in [0.2, 0.25) is 10.0 Å². The number of carbonyl (C=O) groups excluding carboxylic acids is 3. The molecule has 1 aromatic carbocycles. The number of hydrogen-bond donors (Lipinski definition) is 2. The highest BCUT2D eigenvalue weighted by molar-refractivity contribution is 6.36. The first-order valence-electron chi connectivity index (χ1n) is 8.94. The number of amides is 4. The zero-order valence-corrected chi connectivity index (χ0v) is 16.1. The third kappa shape index (κ3) is 3.11. The lowest BCUT2D eigenvalue weighted by molar-refractivity contribution is -0.142. The summed E-state index contributed by atoms with van der Waals surface area (Å²) in [6, 6.07) is 4.15. The number of carbonyl (C=O) groups is 3. The Hall–Kier alpha value is -2.05. The van der Waals surface area contributed by atoms with Crippen molar-refractivity contribution in [2.75, 3.05) is 5.32 Å². The van der Waals surface area contributed by atoms with Gasteiger partial charge in [0, 0.05) is 5.02 Å². The average molecular weight is 408 g/mol. The van der Waals surface area contributed by atoms with E-state index in [4.69, 9.17) is 23.2 Å². The van der Waals surface area contributed by atoms with Gasteiger partial charge in [-0.3, -0.25) is 14.5 Å². The molecule has 0 radical (unpaired) electrons. The molecule has 2 fully saturated rings. The number of allylic oxidation sites excluding steroid dienone is 2. The Balaban J connectivity index is 1.45. The van der Waals surface area contributed by atoms with E-state index in [0.29, 0.717) is 15.7 Å². The van der Waals surface area contributed by atoms with E-state index >= 15 is 0 Å². The quantitative estimate of drug-likeness (QED) is 0.592.